The Bertz CT molecular complexity index is 822. The van der Waals surface area contributed by atoms with E-state index in [0.29, 0.717) is 12.0 Å². The Morgan fingerprint density at radius 2 is 1.91 bits per heavy atom. The molecule has 0 saturated heterocycles. The second-order valence-corrected chi connectivity index (χ2v) is 6.65. The number of hydrogen-bond acceptors (Lipinski definition) is 1. The van der Waals surface area contributed by atoms with Gasteiger partial charge in [0.05, 0.1) is 5.52 Å². The van der Waals surface area contributed by atoms with Gasteiger partial charge in [0.15, 0.2) is 0 Å². The summed E-state index contributed by atoms with van der Waals surface area (Å²) in [6.45, 7) is 2.07. The number of aromatic nitrogens is 2. The van der Waals surface area contributed by atoms with Crippen molar-refractivity contribution >= 4 is 10.9 Å². The van der Waals surface area contributed by atoms with E-state index in [4.69, 9.17) is 0 Å². The first-order chi connectivity index (χ1) is 11.2. The average molecular weight is 308 g/mol. The number of fused-ring (bicyclic) bond motifs is 1. The molecule has 1 aliphatic rings. The second-order valence-electron chi connectivity index (χ2n) is 6.65. The Morgan fingerprint density at radius 1 is 1.09 bits per heavy atom. The summed E-state index contributed by atoms with van der Waals surface area (Å²) in [6.07, 6.45) is 10.6. The van der Waals surface area contributed by atoms with Crippen molar-refractivity contribution < 1.29 is 4.39 Å². The van der Waals surface area contributed by atoms with E-state index in [0.717, 1.165) is 22.9 Å². The van der Waals surface area contributed by atoms with Crippen molar-refractivity contribution in [1.82, 2.24) is 9.55 Å². The fraction of sp³-hybridized carbons (Fsp3) is 0.350. The van der Waals surface area contributed by atoms with Gasteiger partial charge in [-0.25, -0.2) is 4.39 Å². The third-order valence-electron chi connectivity index (χ3n) is 5.24. The first kappa shape index (κ1) is 14.4. The van der Waals surface area contributed by atoms with Crippen LogP contribution in [0.25, 0.3) is 10.9 Å². The van der Waals surface area contributed by atoms with Gasteiger partial charge in [0.1, 0.15) is 5.82 Å². The number of nitrogens with zero attached hydrogens (tertiary/aromatic N) is 2. The van der Waals surface area contributed by atoms with Gasteiger partial charge in [-0.2, -0.15) is 0 Å². The maximum Gasteiger partial charge on any atom is 0.132 e. The zero-order valence-corrected chi connectivity index (χ0v) is 13.4. The first-order valence-corrected chi connectivity index (χ1v) is 8.39. The minimum Gasteiger partial charge on any atom is -0.344 e. The van der Waals surface area contributed by atoms with E-state index < -0.39 is 0 Å². The van der Waals surface area contributed by atoms with Crippen LogP contribution >= 0.6 is 0 Å². The van der Waals surface area contributed by atoms with Crippen molar-refractivity contribution in [2.24, 2.45) is 0 Å². The van der Waals surface area contributed by atoms with Crippen LogP contribution in [0.2, 0.25) is 0 Å². The maximum atomic E-state index is 14.1. The molecule has 0 amide bonds. The molecule has 4 rings (SSSR count). The van der Waals surface area contributed by atoms with Gasteiger partial charge < -0.3 is 4.57 Å². The molecule has 118 valence electrons. The predicted octanol–water partition coefficient (Wildman–Crippen LogP) is 5.38. The average Bonchev–Trinajstić information content (AvgIpc) is 3.06. The molecule has 0 bridgehead atoms. The lowest BCUT2D eigenvalue weighted by Gasteiger charge is -2.31. The van der Waals surface area contributed by atoms with Crippen LogP contribution in [-0.2, 0) is 0 Å². The second kappa shape index (κ2) is 5.80. The van der Waals surface area contributed by atoms with Crippen LogP contribution in [0.5, 0.6) is 0 Å². The van der Waals surface area contributed by atoms with Crippen LogP contribution in [0, 0.1) is 12.7 Å². The highest BCUT2D eigenvalue weighted by Gasteiger charge is 2.25. The SMILES string of the molecule is Cc1ccc(F)c2ccn([C@H]3CCC[C@H](c4ccncc4)C3)c12. The van der Waals surface area contributed by atoms with E-state index in [1.165, 1.54) is 24.8 Å². The zero-order valence-electron chi connectivity index (χ0n) is 13.4. The number of rotatable bonds is 2. The summed E-state index contributed by atoms with van der Waals surface area (Å²) < 4.78 is 16.4. The van der Waals surface area contributed by atoms with Gasteiger partial charge in [0.2, 0.25) is 0 Å². The molecule has 1 aromatic carbocycles. The largest absolute Gasteiger partial charge is 0.344 e. The molecule has 2 atom stereocenters. The summed E-state index contributed by atoms with van der Waals surface area (Å²) in [7, 11) is 0. The molecule has 1 fully saturated rings. The molecule has 2 aromatic heterocycles. The highest BCUT2D eigenvalue weighted by molar-refractivity contribution is 5.84. The zero-order chi connectivity index (χ0) is 15.8. The van der Waals surface area contributed by atoms with Crippen molar-refractivity contribution in [3.05, 3.63) is 65.9 Å². The molecule has 3 heteroatoms. The molecular weight excluding hydrogens is 287 g/mol. The van der Waals surface area contributed by atoms with Crippen molar-refractivity contribution in [2.75, 3.05) is 0 Å². The number of benzene rings is 1. The van der Waals surface area contributed by atoms with E-state index in [9.17, 15) is 4.39 Å². The summed E-state index contributed by atoms with van der Waals surface area (Å²) in [4.78, 5) is 4.12. The molecule has 0 N–H and O–H groups in total. The highest BCUT2D eigenvalue weighted by atomic mass is 19.1. The van der Waals surface area contributed by atoms with Gasteiger partial charge in [-0.1, -0.05) is 12.5 Å². The molecule has 2 heterocycles. The van der Waals surface area contributed by atoms with Gasteiger partial charge in [-0.05, 0) is 67.5 Å². The van der Waals surface area contributed by atoms with Crippen LogP contribution in [0.4, 0.5) is 4.39 Å². The normalized spacial score (nSPS) is 21.7. The van der Waals surface area contributed by atoms with Crippen LogP contribution in [0.1, 0.15) is 48.8 Å². The van der Waals surface area contributed by atoms with E-state index in [2.05, 4.69) is 34.8 Å². The van der Waals surface area contributed by atoms with Crippen LogP contribution in [0.3, 0.4) is 0 Å². The Labute approximate surface area is 136 Å². The monoisotopic (exact) mass is 308 g/mol. The predicted molar refractivity (Wildman–Crippen MR) is 91.1 cm³/mol. The van der Waals surface area contributed by atoms with Crippen molar-refractivity contribution in [3.8, 4) is 0 Å². The fourth-order valence-electron chi connectivity index (χ4n) is 4.08. The molecule has 2 nitrogen and oxygen atoms in total. The number of halogens is 1. The fourth-order valence-corrected chi connectivity index (χ4v) is 4.08. The Morgan fingerprint density at radius 3 is 2.74 bits per heavy atom. The third kappa shape index (κ3) is 2.54. The van der Waals surface area contributed by atoms with E-state index in [1.807, 2.05) is 24.5 Å². The highest BCUT2D eigenvalue weighted by Crippen LogP contribution is 2.40. The standard InChI is InChI=1S/C20H21FN2/c1-14-5-6-19(21)18-9-12-23(20(14)18)17-4-2-3-16(13-17)15-7-10-22-11-8-15/h5-12,16-17H,2-4,13H2,1H3/t16-,17-/m0/s1. The Kier molecular flexibility index (Phi) is 3.64. The molecule has 0 unspecified atom stereocenters. The maximum absolute atomic E-state index is 14.1. The minimum absolute atomic E-state index is 0.120. The molecule has 3 aromatic rings. The minimum atomic E-state index is -0.120. The molecule has 23 heavy (non-hydrogen) atoms. The molecule has 0 spiro atoms. The lowest BCUT2D eigenvalue weighted by atomic mass is 9.81. The van der Waals surface area contributed by atoms with Crippen molar-refractivity contribution in [3.63, 3.8) is 0 Å². The Balaban J connectivity index is 1.70. The van der Waals surface area contributed by atoms with Crippen molar-refractivity contribution in [2.45, 2.75) is 44.6 Å². The van der Waals surface area contributed by atoms with Gasteiger partial charge in [0.25, 0.3) is 0 Å². The molecular formula is C20H21FN2. The van der Waals surface area contributed by atoms with E-state index in [1.54, 1.807) is 6.07 Å². The third-order valence-corrected chi connectivity index (χ3v) is 5.24. The first-order valence-electron chi connectivity index (χ1n) is 8.39. The van der Waals surface area contributed by atoms with Gasteiger partial charge in [-0.15, -0.1) is 0 Å². The molecule has 0 aliphatic heterocycles. The summed E-state index contributed by atoms with van der Waals surface area (Å²) in [5.41, 5.74) is 3.59. The van der Waals surface area contributed by atoms with Gasteiger partial charge >= 0.3 is 0 Å². The lowest BCUT2D eigenvalue weighted by molar-refractivity contribution is 0.325. The lowest BCUT2D eigenvalue weighted by Crippen LogP contribution is -2.18. The topological polar surface area (TPSA) is 17.8 Å². The quantitative estimate of drug-likeness (QED) is 0.621. The van der Waals surface area contributed by atoms with Gasteiger partial charge in [-0.3, -0.25) is 4.98 Å². The Hall–Kier alpha value is -2.16. The van der Waals surface area contributed by atoms with Crippen LogP contribution in [0.15, 0.2) is 48.9 Å². The van der Waals surface area contributed by atoms with E-state index >= 15 is 0 Å². The number of pyridine rings is 1. The summed E-state index contributed by atoms with van der Waals surface area (Å²) in [6, 6.07) is 10.1. The van der Waals surface area contributed by atoms with Crippen molar-refractivity contribution in [1.29, 1.82) is 0 Å². The molecule has 1 saturated carbocycles. The van der Waals surface area contributed by atoms with E-state index in [-0.39, 0.29) is 5.82 Å². The van der Waals surface area contributed by atoms with Crippen LogP contribution < -0.4 is 0 Å². The van der Waals surface area contributed by atoms with Gasteiger partial charge in [0, 0.05) is 30.0 Å². The summed E-state index contributed by atoms with van der Waals surface area (Å²) in [5, 5.41) is 0.746. The van der Waals surface area contributed by atoms with Crippen LogP contribution in [-0.4, -0.2) is 9.55 Å². The summed E-state index contributed by atoms with van der Waals surface area (Å²) >= 11 is 0. The molecule has 1 aliphatic carbocycles. The smallest absolute Gasteiger partial charge is 0.132 e. The summed E-state index contributed by atoms with van der Waals surface area (Å²) in [5.74, 6) is 0.453. The number of aryl methyl sites for hydroxylation is 1. The number of hydrogen-bond donors (Lipinski definition) is 0. The molecule has 0 radical (unpaired) electrons.